The summed E-state index contributed by atoms with van der Waals surface area (Å²) in [5, 5.41) is 3.60. The van der Waals surface area contributed by atoms with Crippen LogP contribution in [0.4, 0.5) is 0 Å². The number of nitrogens with zero attached hydrogens (tertiary/aromatic N) is 2. The number of rotatable bonds is 2. The van der Waals surface area contributed by atoms with Crippen LogP contribution >= 0.6 is 11.8 Å². The van der Waals surface area contributed by atoms with Crippen molar-refractivity contribution >= 4 is 11.8 Å². The normalized spacial score (nSPS) is 34.2. The molecule has 3 fully saturated rings. The second kappa shape index (κ2) is 5.91. The summed E-state index contributed by atoms with van der Waals surface area (Å²) in [6, 6.07) is 0.889. The molecule has 3 saturated heterocycles. The topological polar surface area (TPSA) is 18.5 Å². The van der Waals surface area contributed by atoms with Crippen molar-refractivity contribution < 1.29 is 0 Å². The Morgan fingerprint density at radius 1 is 0.882 bits per heavy atom. The molecule has 1 N–H and O–H groups in total. The number of hydrogen-bond acceptors (Lipinski definition) is 4. The van der Waals surface area contributed by atoms with Gasteiger partial charge in [0.1, 0.15) is 0 Å². The molecule has 3 heterocycles. The Labute approximate surface area is 109 Å². The predicted octanol–water partition coefficient (Wildman–Crippen LogP) is 1.56. The third-order valence-electron chi connectivity index (χ3n) is 4.54. The summed E-state index contributed by atoms with van der Waals surface area (Å²) in [5.74, 6) is 2.44. The molecule has 0 bridgehead atoms. The van der Waals surface area contributed by atoms with E-state index in [1.807, 2.05) is 11.8 Å². The number of likely N-dealkylation sites (tertiary alicyclic amines) is 2. The van der Waals surface area contributed by atoms with Gasteiger partial charge < -0.3 is 4.90 Å². The van der Waals surface area contributed by atoms with Gasteiger partial charge in [-0.1, -0.05) is 6.42 Å². The molecular formula is C13H25N3S. The molecule has 1 unspecified atom stereocenters. The van der Waals surface area contributed by atoms with Crippen LogP contribution in [0.2, 0.25) is 0 Å². The zero-order valence-corrected chi connectivity index (χ0v) is 11.6. The fourth-order valence-corrected chi connectivity index (χ4v) is 4.45. The van der Waals surface area contributed by atoms with Crippen LogP contribution in [-0.4, -0.2) is 59.8 Å². The van der Waals surface area contributed by atoms with Crippen molar-refractivity contribution in [3.05, 3.63) is 0 Å². The molecule has 0 aromatic carbocycles. The van der Waals surface area contributed by atoms with E-state index in [0.29, 0.717) is 6.17 Å². The minimum Gasteiger partial charge on any atom is -0.300 e. The summed E-state index contributed by atoms with van der Waals surface area (Å²) < 4.78 is 0. The molecule has 0 aliphatic carbocycles. The van der Waals surface area contributed by atoms with Crippen LogP contribution in [0, 0.1) is 0 Å². The maximum Gasteiger partial charge on any atom is 0.0697 e. The van der Waals surface area contributed by atoms with Crippen LogP contribution in [0.1, 0.15) is 32.1 Å². The molecule has 0 saturated carbocycles. The molecule has 17 heavy (non-hydrogen) atoms. The number of hydrogen-bond donors (Lipinski definition) is 1. The first kappa shape index (κ1) is 12.3. The van der Waals surface area contributed by atoms with Crippen molar-refractivity contribution in [1.29, 1.82) is 0 Å². The summed E-state index contributed by atoms with van der Waals surface area (Å²) in [7, 11) is 0. The molecule has 98 valence electrons. The first-order valence-corrected chi connectivity index (χ1v) is 8.38. The van der Waals surface area contributed by atoms with E-state index in [0.717, 1.165) is 11.9 Å². The quantitative estimate of drug-likeness (QED) is 0.807. The van der Waals surface area contributed by atoms with Crippen molar-refractivity contribution in [2.24, 2.45) is 0 Å². The van der Waals surface area contributed by atoms with E-state index in [-0.39, 0.29) is 0 Å². The van der Waals surface area contributed by atoms with E-state index in [9.17, 15) is 0 Å². The lowest BCUT2D eigenvalue weighted by Gasteiger charge is -2.41. The smallest absolute Gasteiger partial charge is 0.0697 e. The molecule has 4 heteroatoms. The summed E-state index contributed by atoms with van der Waals surface area (Å²) in [6.07, 6.45) is 7.77. The van der Waals surface area contributed by atoms with Crippen LogP contribution < -0.4 is 5.32 Å². The van der Waals surface area contributed by atoms with Crippen molar-refractivity contribution in [3.63, 3.8) is 0 Å². The maximum absolute atomic E-state index is 3.60. The number of thioether (sulfide) groups is 1. The molecule has 1 atom stereocenters. The lowest BCUT2D eigenvalue weighted by molar-refractivity contribution is 0.0721. The minimum absolute atomic E-state index is 0.669. The Hall–Kier alpha value is 0.230. The highest BCUT2D eigenvalue weighted by Crippen LogP contribution is 2.23. The minimum atomic E-state index is 0.669. The Morgan fingerprint density at radius 3 is 2.29 bits per heavy atom. The summed E-state index contributed by atoms with van der Waals surface area (Å²) >= 11 is 2.04. The third kappa shape index (κ3) is 2.98. The maximum atomic E-state index is 3.60. The van der Waals surface area contributed by atoms with Crippen LogP contribution in [0.25, 0.3) is 0 Å². The van der Waals surface area contributed by atoms with Crippen molar-refractivity contribution in [2.45, 2.75) is 44.3 Å². The first-order chi connectivity index (χ1) is 8.43. The zero-order valence-electron chi connectivity index (χ0n) is 10.7. The van der Waals surface area contributed by atoms with Gasteiger partial charge in [-0.3, -0.25) is 10.2 Å². The van der Waals surface area contributed by atoms with Gasteiger partial charge in [-0.15, -0.1) is 11.8 Å². The Balaban J connectivity index is 1.46. The molecule has 3 nitrogen and oxygen atoms in total. The van der Waals surface area contributed by atoms with Crippen LogP contribution in [0.3, 0.4) is 0 Å². The van der Waals surface area contributed by atoms with E-state index in [2.05, 4.69) is 15.1 Å². The molecule has 0 spiro atoms. The molecule has 3 aliphatic rings. The number of nitrogens with one attached hydrogen (secondary N) is 1. The fraction of sp³-hybridized carbons (Fsp3) is 1.00. The van der Waals surface area contributed by atoms with Gasteiger partial charge in [0.25, 0.3) is 0 Å². The van der Waals surface area contributed by atoms with E-state index in [1.54, 1.807) is 0 Å². The lowest BCUT2D eigenvalue weighted by atomic mass is 10.00. The molecule has 0 aromatic heterocycles. The standard InChI is InChI=1S/C13H25N3S/c1-2-6-15(7-3-1)12-4-8-16(9-5-12)13-10-17-11-14-13/h12-14H,1-11H2. The largest absolute Gasteiger partial charge is 0.300 e. The summed E-state index contributed by atoms with van der Waals surface area (Å²) in [6.45, 7) is 5.34. The van der Waals surface area contributed by atoms with Gasteiger partial charge in [-0.2, -0.15) is 0 Å². The van der Waals surface area contributed by atoms with Gasteiger partial charge in [-0.05, 0) is 38.8 Å². The molecule has 0 amide bonds. The van der Waals surface area contributed by atoms with Gasteiger partial charge in [0.2, 0.25) is 0 Å². The zero-order chi connectivity index (χ0) is 11.5. The fourth-order valence-electron chi connectivity index (χ4n) is 3.47. The van der Waals surface area contributed by atoms with Crippen molar-refractivity contribution in [3.8, 4) is 0 Å². The Kier molecular flexibility index (Phi) is 4.27. The average Bonchev–Trinajstić information content (AvgIpc) is 2.94. The van der Waals surface area contributed by atoms with E-state index >= 15 is 0 Å². The van der Waals surface area contributed by atoms with E-state index < -0.39 is 0 Å². The van der Waals surface area contributed by atoms with E-state index in [1.165, 1.54) is 64.0 Å². The lowest BCUT2D eigenvalue weighted by Crippen LogP contribution is -2.52. The second-order valence-corrected chi connectivity index (χ2v) is 6.63. The molecule has 0 aromatic rings. The Bertz CT molecular complexity index is 229. The highest BCUT2D eigenvalue weighted by Gasteiger charge is 2.29. The molecule has 0 radical (unpaired) electrons. The monoisotopic (exact) mass is 255 g/mol. The SMILES string of the molecule is C1CCN(C2CCN(C3CSCN3)CC2)CC1. The van der Waals surface area contributed by atoms with Gasteiger partial charge in [0.15, 0.2) is 0 Å². The molecule has 3 rings (SSSR count). The highest BCUT2D eigenvalue weighted by atomic mass is 32.2. The molecule has 3 aliphatic heterocycles. The van der Waals surface area contributed by atoms with Gasteiger partial charge in [0, 0.05) is 30.8 Å². The highest BCUT2D eigenvalue weighted by molar-refractivity contribution is 7.99. The van der Waals surface area contributed by atoms with Crippen LogP contribution in [-0.2, 0) is 0 Å². The first-order valence-electron chi connectivity index (χ1n) is 7.23. The molecular weight excluding hydrogens is 230 g/mol. The van der Waals surface area contributed by atoms with Gasteiger partial charge in [0.05, 0.1) is 6.17 Å². The van der Waals surface area contributed by atoms with Crippen molar-refractivity contribution in [1.82, 2.24) is 15.1 Å². The Morgan fingerprint density at radius 2 is 1.65 bits per heavy atom. The third-order valence-corrected chi connectivity index (χ3v) is 5.47. The average molecular weight is 255 g/mol. The van der Waals surface area contributed by atoms with Crippen molar-refractivity contribution in [2.75, 3.05) is 37.8 Å². The number of piperidine rings is 2. The summed E-state index contributed by atoms with van der Waals surface area (Å²) in [4.78, 5) is 5.43. The second-order valence-electron chi connectivity index (χ2n) is 5.60. The van der Waals surface area contributed by atoms with Gasteiger partial charge >= 0.3 is 0 Å². The summed E-state index contributed by atoms with van der Waals surface area (Å²) in [5.41, 5.74) is 0. The van der Waals surface area contributed by atoms with Crippen LogP contribution in [0.5, 0.6) is 0 Å². The van der Waals surface area contributed by atoms with Gasteiger partial charge in [-0.25, -0.2) is 0 Å². The van der Waals surface area contributed by atoms with E-state index in [4.69, 9.17) is 0 Å². The van der Waals surface area contributed by atoms with Crippen LogP contribution in [0.15, 0.2) is 0 Å². The predicted molar refractivity (Wildman–Crippen MR) is 74.3 cm³/mol.